The van der Waals surface area contributed by atoms with E-state index in [1.54, 1.807) is 0 Å². The number of fused-ring (bicyclic) bond motifs is 3. The molecule has 0 fully saturated rings. The van der Waals surface area contributed by atoms with Gasteiger partial charge in [-0.2, -0.15) is 0 Å². The number of halogens is 1. The Balaban J connectivity index is 1.93. The lowest BCUT2D eigenvalue weighted by molar-refractivity contribution is 1.00. The molecule has 4 rings (SSSR count). The zero-order valence-electron chi connectivity index (χ0n) is 12.5. The van der Waals surface area contributed by atoms with Crippen LogP contribution in [0.4, 0.5) is 5.69 Å². The summed E-state index contributed by atoms with van der Waals surface area (Å²) in [5.41, 5.74) is 8.02. The summed E-state index contributed by atoms with van der Waals surface area (Å²) in [5.74, 6) is 0.364. The van der Waals surface area contributed by atoms with Crippen molar-refractivity contribution in [1.82, 2.24) is 4.98 Å². The van der Waals surface area contributed by atoms with Gasteiger partial charge in [-0.3, -0.25) is 9.98 Å². The summed E-state index contributed by atoms with van der Waals surface area (Å²) in [7, 11) is 0. The molecule has 1 aromatic heterocycles. The second-order valence-electron chi connectivity index (χ2n) is 5.74. The average Bonchev–Trinajstić information content (AvgIpc) is 2.90. The van der Waals surface area contributed by atoms with E-state index in [0.29, 0.717) is 5.92 Å². The lowest BCUT2D eigenvalue weighted by atomic mass is 9.87. The van der Waals surface area contributed by atoms with Crippen molar-refractivity contribution in [1.29, 1.82) is 0 Å². The molecular formula is C19H15BrN2. The molecule has 2 aliphatic rings. The number of rotatable bonds is 1. The average molecular weight is 351 g/mol. The Labute approximate surface area is 138 Å². The van der Waals surface area contributed by atoms with Gasteiger partial charge in [0.2, 0.25) is 0 Å². The molecule has 0 bridgehead atoms. The van der Waals surface area contributed by atoms with Gasteiger partial charge in [-0.25, -0.2) is 0 Å². The van der Waals surface area contributed by atoms with Crippen molar-refractivity contribution < 1.29 is 0 Å². The Morgan fingerprint density at radius 1 is 1.23 bits per heavy atom. The predicted octanol–water partition coefficient (Wildman–Crippen LogP) is 5.49. The van der Waals surface area contributed by atoms with Gasteiger partial charge in [0.25, 0.3) is 0 Å². The number of aromatic nitrogens is 1. The fourth-order valence-electron chi connectivity index (χ4n) is 3.05. The smallest absolute Gasteiger partial charge is 0.0718 e. The summed E-state index contributed by atoms with van der Waals surface area (Å²) in [6, 6.07) is 8.45. The molecule has 0 saturated carbocycles. The summed E-state index contributed by atoms with van der Waals surface area (Å²) in [5, 5.41) is 0. The summed E-state index contributed by atoms with van der Waals surface area (Å²) in [6.07, 6.45) is 8.44. The van der Waals surface area contributed by atoms with Crippen LogP contribution in [0.2, 0.25) is 0 Å². The van der Waals surface area contributed by atoms with Crippen LogP contribution < -0.4 is 0 Å². The molecule has 108 valence electrons. The summed E-state index contributed by atoms with van der Waals surface area (Å²) >= 11 is 3.59. The van der Waals surface area contributed by atoms with E-state index in [-0.39, 0.29) is 0 Å². The molecular weight excluding hydrogens is 336 g/mol. The quantitative estimate of drug-likeness (QED) is 0.666. The minimum absolute atomic E-state index is 0.364. The van der Waals surface area contributed by atoms with Crippen molar-refractivity contribution in [3.05, 3.63) is 64.4 Å². The van der Waals surface area contributed by atoms with Crippen LogP contribution in [0, 0.1) is 12.8 Å². The molecule has 0 N–H and O–H groups in total. The number of aliphatic imine (C=N–C) groups is 1. The molecule has 3 heteroatoms. The first-order valence-electron chi connectivity index (χ1n) is 7.38. The monoisotopic (exact) mass is 350 g/mol. The van der Waals surface area contributed by atoms with Gasteiger partial charge in [0.15, 0.2) is 0 Å². The van der Waals surface area contributed by atoms with Crippen molar-refractivity contribution in [2.24, 2.45) is 10.9 Å². The van der Waals surface area contributed by atoms with E-state index in [2.05, 4.69) is 70.3 Å². The molecule has 1 aliphatic carbocycles. The van der Waals surface area contributed by atoms with Gasteiger partial charge < -0.3 is 0 Å². The van der Waals surface area contributed by atoms with Gasteiger partial charge in [-0.1, -0.05) is 37.3 Å². The molecule has 2 aromatic rings. The van der Waals surface area contributed by atoms with Crippen LogP contribution in [-0.2, 0) is 0 Å². The first-order valence-corrected chi connectivity index (χ1v) is 8.18. The van der Waals surface area contributed by atoms with E-state index in [9.17, 15) is 0 Å². The first kappa shape index (κ1) is 13.6. The van der Waals surface area contributed by atoms with Gasteiger partial charge in [0.1, 0.15) is 0 Å². The maximum absolute atomic E-state index is 4.85. The molecule has 22 heavy (non-hydrogen) atoms. The number of pyridine rings is 1. The lowest BCUT2D eigenvalue weighted by Gasteiger charge is -2.15. The van der Waals surface area contributed by atoms with Crippen LogP contribution in [0.15, 0.2) is 58.2 Å². The Morgan fingerprint density at radius 3 is 2.91 bits per heavy atom. The largest absolute Gasteiger partial charge is 0.260 e. The fraction of sp³-hybridized carbons (Fsp3) is 0.158. The molecule has 0 spiro atoms. The second-order valence-corrected chi connectivity index (χ2v) is 6.60. The van der Waals surface area contributed by atoms with E-state index >= 15 is 0 Å². The number of allylic oxidation sites excluding steroid dienone is 4. The molecule has 2 nitrogen and oxygen atoms in total. The Kier molecular flexibility index (Phi) is 3.12. The third kappa shape index (κ3) is 2.00. The molecule has 1 aliphatic heterocycles. The maximum atomic E-state index is 4.85. The van der Waals surface area contributed by atoms with E-state index in [0.717, 1.165) is 21.4 Å². The molecule has 0 saturated heterocycles. The predicted molar refractivity (Wildman–Crippen MR) is 95.5 cm³/mol. The van der Waals surface area contributed by atoms with Crippen molar-refractivity contribution in [2.45, 2.75) is 13.8 Å². The highest BCUT2D eigenvalue weighted by molar-refractivity contribution is 9.10. The van der Waals surface area contributed by atoms with Gasteiger partial charge in [0.05, 0.1) is 17.1 Å². The molecule has 2 heterocycles. The van der Waals surface area contributed by atoms with Gasteiger partial charge in [-0.15, -0.1) is 0 Å². The van der Waals surface area contributed by atoms with Gasteiger partial charge in [0, 0.05) is 33.3 Å². The highest BCUT2D eigenvalue weighted by atomic mass is 79.9. The molecule has 1 aromatic carbocycles. The van der Waals surface area contributed by atoms with E-state index in [1.807, 2.05) is 13.1 Å². The van der Waals surface area contributed by atoms with Crippen LogP contribution in [-0.4, -0.2) is 10.7 Å². The Hall–Kier alpha value is -2.00. The summed E-state index contributed by atoms with van der Waals surface area (Å²) < 4.78 is 1.03. The van der Waals surface area contributed by atoms with E-state index in [4.69, 9.17) is 4.99 Å². The summed E-state index contributed by atoms with van der Waals surface area (Å²) in [4.78, 5) is 9.33. The standard InChI is InChI=1S/C19H15BrN2/c1-11-5-3-7-15-18-14(6-4-8-17(18)22-19(11)15)13-9-16(20)12(2)21-10-13/h3-11H,1-2H3. The van der Waals surface area contributed by atoms with Crippen molar-refractivity contribution in [2.75, 3.05) is 0 Å². The zero-order valence-corrected chi connectivity index (χ0v) is 14.1. The fourth-order valence-corrected chi connectivity index (χ4v) is 3.40. The highest BCUT2D eigenvalue weighted by Gasteiger charge is 2.27. The molecule has 1 atom stereocenters. The number of nitrogens with zero attached hydrogens (tertiary/aromatic N) is 2. The van der Waals surface area contributed by atoms with Crippen LogP contribution in [0.3, 0.4) is 0 Å². The lowest BCUT2D eigenvalue weighted by Crippen LogP contribution is -2.10. The van der Waals surface area contributed by atoms with Crippen LogP contribution >= 0.6 is 15.9 Å². The third-order valence-corrected chi connectivity index (χ3v) is 5.06. The van der Waals surface area contributed by atoms with E-state index in [1.165, 1.54) is 22.4 Å². The second kappa shape index (κ2) is 5.03. The minimum Gasteiger partial charge on any atom is -0.260 e. The van der Waals surface area contributed by atoms with Crippen molar-refractivity contribution >= 4 is 32.9 Å². The topological polar surface area (TPSA) is 25.2 Å². The minimum atomic E-state index is 0.364. The van der Waals surface area contributed by atoms with Crippen LogP contribution in [0.5, 0.6) is 0 Å². The molecule has 0 amide bonds. The molecule has 0 radical (unpaired) electrons. The maximum Gasteiger partial charge on any atom is 0.0718 e. The number of benzene rings is 1. The number of hydrogen-bond acceptors (Lipinski definition) is 2. The number of aryl methyl sites for hydroxylation is 1. The molecule has 1 unspecified atom stereocenters. The van der Waals surface area contributed by atoms with E-state index < -0.39 is 0 Å². The summed E-state index contributed by atoms with van der Waals surface area (Å²) in [6.45, 7) is 4.19. The Bertz CT molecular complexity index is 875. The third-order valence-electron chi connectivity index (χ3n) is 4.26. The van der Waals surface area contributed by atoms with Crippen LogP contribution in [0.1, 0.15) is 18.2 Å². The highest BCUT2D eigenvalue weighted by Crippen LogP contribution is 2.44. The zero-order chi connectivity index (χ0) is 15.3. The van der Waals surface area contributed by atoms with Gasteiger partial charge in [-0.05, 0) is 40.5 Å². The number of hydrogen-bond donors (Lipinski definition) is 0. The normalized spacial score (nSPS) is 18.6. The van der Waals surface area contributed by atoms with Crippen molar-refractivity contribution in [3.63, 3.8) is 0 Å². The SMILES string of the molecule is Cc1ncc(-c2cccc3c2C2=CC=CC(C)C2=N3)cc1Br. The van der Waals surface area contributed by atoms with Crippen molar-refractivity contribution in [3.8, 4) is 11.1 Å². The van der Waals surface area contributed by atoms with Gasteiger partial charge >= 0.3 is 0 Å². The Morgan fingerprint density at radius 2 is 2.09 bits per heavy atom. The van der Waals surface area contributed by atoms with Crippen LogP contribution in [0.25, 0.3) is 16.7 Å². The first-order chi connectivity index (χ1) is 10.6.